The highest BCUT2D eigenvalue weighted by Gasteiger charge is 2.51. The third-order valence-electron chi connectivity index (χ3n) is 14.8. The number of carboxylic acids is 1. The summed E-state index contributed by atoms with van der Waals surface area (Å²) in [6.45, 7) is 11.8. The molecule has 3 fully saturated rings. The molecule has 0 aliphatic carbocycles. The minimum Gasteiger partial charge on any atom is -0.481 e. The first-order valence-corrected chi connectivity index (χ1v) is 27.6. The number of carbonyl (C=O) groups is 2. The highest BCUT2D eigenvalue weighted by atomic mass is 32.1. The number of nitrogens with zero attached hydrogens (tertiary/aromatic N) is 2. The number of allylic oxidation sites excluding steroid dienone is 10. The Labute approximate surface area is 459 Å². The van der Waals surface area contributed by atoms with Gasteiger partial charge in [0.25, 0.3) is 0 Å². The zero-order valence-corrected chi connectivity index (χ0v) is 46.1. The van der Waals surface area contributed by atoms with Crippen LogP contribution >= 0.6 is 12.2 Å². The van der Waals surface area contributed by atoms with Crippen LogP contribution < -0.4 is 10.6 Å². The third kappa shape index (κ3) is 22.9. The summed E-state index contributed by atoms with van der Waals surface area (Å²) >= 11 is 5.56. The molecule has 21 nitrogen and oxygen atoms in total. The number of esters is 1. The summed E-state index contributed by atoms with van der Waals surface area (Å²) in [5.74, 6) is -6.90. The molecule has 0 aromatic carbocycles. The molecule has 0 spiro atoms. The third-order valence-corrected chi connectivity index (χ3v) is 15.1. The van der Waals surface area contributed by atoms with E-state index in [0.29, 0.717) is 6.54 Å². The summed E-state index contributed by atoms with van der Waals surface area (Å²) in [6, 6.07) is -1.07. The molecule has 0 aromatic heterocycles. The van der Waals surface area contributed by atoms with Gasteiger partial charge in [0, 0.05) is 70.4 Å². The Balaban J connectivity index is 1.54. The van der Waals surface area contributed by atoms with Gasteiger partial charge in [0.15, 0.2) is 17.2 Å². The molecule has 0 unspecified atom stereocenters. The van der Waals surface area contributed by atoms with Gasteiger partial charge in [-0.2, -0.15) is 0 Å². The van der Waals surface area contributed by atoms with Gasteiger partial charge in [-0.05, 0) is 71.6 Å². The van der Waals surface area contributed by atoms with E-state index < -0.39 is 141 Å². The van der Waals surface area contributed by atoms with Crippen LogP contribution in [-0.2, 0) is 28.5 Å². The first-order chi connectivity index (χ1) is 36.5. The zero-order chi connectivity index (χ0) is 56.8. The number of nitrogens with one attached hydrogen (secondary N) is 2. The first kappa shape index (κ1) is 66.0. The van der Waals surface area contributed by atoms with E-state index in [2.05, 4.69) is 27.5 Å². The van der Waals surface area contributed by atoms with E-state index in [-0.39, 0.29) is 43.1 Å². The first-order valence-electron chi connectivity index (χ1n) is 27.2. The maximum atomic E-state index is 12.7. The fourth-order valence-electron chi connectivity index (χ4n) is 9.85. The van der Waals surface area contributed by atoms with E-state index in [1.165, 1.54) is 0 Å². The SMILES string of the molecule is C[C@@H]1[C@H](O)[C@@H](C)/C=C/C=C/CC/C=C/C=C/C=C/C=C/[C@H](O[C@H]2O[C@H](C)[C@@H](O)[C@H](NC(=S)NCCN3CCN(C)CC3)[C@@H]2O)C[C@@H]2O[C@](O)(C[C@@H](O)[C@H](O)CC[C@@H](O)C[C@@H](O)C[C@@H](O)CC(=O)O[C@H]1C)C[C@H](O)[C@H]2C(=O)O. The lowest BCUT2D eigenvalue weighted by atomic mass is 9.82. The van der Waals surface area contributed by atoms with Gasteiger partial charge in [0.2, 0.25) is 0 Å². The van der Waals surface area contributed by atoms with Crippen LogP contribution in [0.5, 0.6) is 0 Å². The topological polar surface area (TPSA) is 324 Å². The predicted molar refractivity (Wildman–Crippen MR) is 291 cm³/mol. The zero-order valence-electron chi connectivity index (χ0n) is 45.3. The van der Waals surface area contributed by atoms with Crippen LogP contribution in [0.15, 0.2) is 72.9 Å². The highest BCUT2D eigenvalue weighted by molar-refractivity contribution is 7.80. The van der Waals surface area contributed by atoms with Crippen LogP contribution in [0, 0.1) is 17.8 Å². The summed E-state index contributed by atoms with van der Waals surface area (Å²) in [5, 5.41) is 128. The van der Waals surface area contributed by atoms with Crippen molar-refractivity contribution in [2.45, 2.75) is 189 Å². The Morgan fingerprint density at radius 2 is 1.35 bits per heavy atom. The number of rotatable bonds is 7. The second-order valence-electron chi connectivity index (χ2n) is 21.3. The molecule has 4 heterocycles. The van der Waals surface area contributed by atoms with Gasteiger partial charge in [-0.25, -0.2) is 0 Å². The monoisotopic (exact) mass is 1110 g/mol. The van der Waals surface area contributed by atoms with Gasteiger partial charge in [0.05, 0.1) is 73.5 Å². The number of carbonyl (C=O) groups excluding carboxylic acids is 1. The summed E-state index contributed by atoms with van der Waals surface area (Å²) in [5.41, 5.74) is 0. The van der Waals surface area contributed by atoms with E-state index in [1.54, 1.807) is 51.2 Å². The maximum Gasteiger partial charge on any atom is 0.311 e. The summed E-state index contributed by atoms with van der Waals surface area (Å²) in [7, 11) is 2.07. The number of aliphatic hydroxyl groups excluding tert-OH is 9. The number of thiocarbonyl (C=S) groups is 1. The van der Waals surface area contributed by atoms with Gasteiger partial charge in [-0.3, -0.25) is 14.5 Å². The normalized spacial score (nSPS) is 41.6. The van der Waals surface area contributed by atoms with E-state index in [4.69, 9.17) is 31.2 Å². The molecule has 22 heteroatoms. The molecule has 77 heavy (non-hydrogen) atoms. The average Bonchev–Trinajstić information content (AvgIpc) is 3.35. The Hall–Kier alpha value is -3.53. The molecule has 438 valence electrons. The number of ether oxygens (including phenoxy) is 4. The molecule has 2 bridgehead atoms. The van der Waals surface area contributed by atoms with Crippen molar-refractivity contribution in [2.75, 3.05) is 46.3 Å². The van der Waals surface area contributed by atoms with Crippen molar-refractivity contribution in [1.29, 1.82) is 0 Å². The van der Waals surface area contributed by atoms with Crippen LogP contribution in [-0.4, -0.2) is 227 Å². The Bertz CT molecular complexity index is 1970. The van der Waals surface area contributed by atoms with Crippen molar-refractivity contribution in [3.8, 4) is 0 Å². The lowest BCUT2D eigenvalue weighted by molar-refractivity contribution is -0.310. The quantitative estimate of drug-likeness (QED) is 0.123. The molecule has 13 N–H and O–H groups in total. The number of fused-ring (bicyclic) bond motifs is 2. The molecule has 0 aromatic rings. The van der Waals surface area contributed by atoms with Crippen LogP contribution in [0.3, 0.4) is 0 Å². The fourth-order valence-corrected chi connectivity index (χ4v) is 10.1. The fraction of sp³-hybridized carbons (Fsp3) is 0.727. The van der Waals surface area contributed by atoms with E-state index >= 15 is 0 Å². The molecule has 4 aliphatic rings. The van der Waals surface area contributed by atoms with Crippen LogP contribution in [0.4, 0.5) is 0 Å². The lowest BCUT2D eigenvalue weighted by Crippen LogP contribution is -2.65. The Kier molecular flexibility index (Phi) is 28.5. The molecular weight excluding hydrogens is 1020 g/mol. The van der Waals surface area contributed by atoms with Gasteiger partial charge < -0.3 is 90.7 Å². The van der Waals surface area contributed by atoms with Gasteiger partial charge >= 0.3 is 11.9 Å². The maximum absolute atomic E-state index is 12.7. The minimum atomic E-state index is -2.38. The number of carboxylic acid groups (broad SMARTS) is 1. The molecule has 19 atom stereocenters. The predicted octanol–water partition coefficient (Wildman–Crippen LogP) is 0.689. The second-order valence-corrected chi connectivity index (χ2v) is 21.7. The van der Waals surface area contributed by atoms with Crippen molar-refractivity contribution in [3.63, 3.8) is 0 Å². The van der Waals surface area contributed by atoms with Crippen molar-refractivity contribution >= 4 is 29.3 Å². The van der Waals surface area contributed by atoms with Gasteiger partial charge in [-0.1, -0.05) is 86.8 Å². The molecule has 3 saturated heterocycles. The summed E-state index contributed by atoms with van der Waals surface area (Å²) < 4.78 is 23.9. The number of piperazine rings is 1. The molecule has 0 radical (unpaired) electrons. The van der Waals surface area contributed by atoms with Crippen molar-refractivity contribution in [2.24, 2.45) is 17.8 Å². The summed E-state index contributed by atoms with van der Waals surface area (Å²) in [6.07, 6.45) is 2.02. The van der Waals surface area contributed by atoms with Crippen molar-refractivity contribution in [1.82, 2.24) is 20.4 Å². The van der Waals surface area contributed by atoms with Gasteiger partial charge in [-0.15, -0.1) is 0 Å². The minimum absolute atomic E-state index is 0.146. The molecule has 0 amide bonds. The molecular formula is C55H90N4O17S. The van der Waals surface area contributed by atoms with E-state index in [1.807, 2.05) is 49.5 Å². The van der Waals surface area contributed by atoms with Crippen LogP contribution in [0.1, 0.15) is 91.9 Å². The van der Waals surface area contributed by atoms with Crippen molar-refractivity contribution in [3.05, 3.63) is 72.9 Å². The summed E-state index contributed by atoms with van der Waals surface area (Å²) in [4.78, 5) is 30.0. The van der Waals surface area contributed by atoms with Crippen LogP contribution in [0.25, 0.3) is 0 Å². The molecule has 4 aliphatic heterocycles. The standard InChI is InChI=1S/C55H90N4O17S/c1-34-18-16-14-12-10-8-6-7-9-11-13-15-17-19-41(75-53-51(69)48(50(68)37(4)74-53)57-54(77)56-22-23-59-26-24-58(5)25-27-59)31-45-47(52(70)71)44(65)33-55(72,76-45)32-43(64)42(63)21-20-38(60)28-39(61)29-40(62)30-46(66)73-36(3)35(2)49(34)67/h6-7,9,11-19,34-45,47-51,53,60-65,67-69,72H,8,10,20-33H2,1-5H3,(H,70,71)(H2,56,57,77)/b7-6+,11-9+,14-12+,15-13+,18-16+,19-17+/t34-,35-,36-,37+,38+,39+,40+,41-,42+,43+,44-,45-,47+,48-,49+,50+,51-,53+,55+/m0/s1. The largest absolute Gasteiger partial charge is 0.481 e. The average molecular weight is 1110 g/mol. The molecule has 0 saturated carbocycles. The smallest absolute Gasteiger partial charge is 0.311 e. The van der Waals surface area contributed by atoms with E-state index in [0.717, 1.165) is 45.6 Å². The van der Waals surface area contributed by atoms with Crippen molar-refractivity contribution < 1.29 is 84.7 Å². The van der Waals surface area contributed by atoms with Crippen LogP contribution in [0.2, 0.25) is 0 Å². The number of likely N-dealkylation sites (N-methyl/N-ethyl adjacent to an activating group) is 1. The second kappa shape index (κ2) is 33.3. The Morgan fingerprint density at radius 3 is 2.03 bits per heavy atom. The number of hydrogen-bond donors (Lipinski definition) is 13. The number of aliphatic hydroxyl groups is 10. The number of aliphatic carboxylic acids is 1. The highest BCUT2D eigenvalue weighted by Crippen LogP contribution is 2.38. The lowest BCUT2D eigenvalue weighted by Gasteiger charge is -2.45. The number of cyclic esters (lactones) is 1. The number of hydrogen-bond acceptors (Lipinski definition) is 19. The van der Waals surface area contributed by atoms with Gasteiger partial charge in [0.1, 0.15) is 24.2 Å². The molecule has 4 rings (SSSR count). The van der Waals surface area contributed by atoms with E-state index in [9.17, 15) is 65.8 Å². The Morgan fingerprint density at radius 1 is 0.740 bits per heavy atom.